The molecule has 0 radical (unpaired) electrons. The second-order valence-corrected chi connectivity index (χ2v) is 5.72. The predicted molar refractivity (Wildman–Crippen MR) is 102 cm³/mol. The SMILES string of the molecule is CCOc1nc(-c2cnccn2)nc(-c2ccccc2)c1C(=O)/C=C(/C)N. The minimum absolute atomic E-state index is 0.189. The van der Waals surface area contributed by atoms with E-state index in [1.165, 1.54) is 6.08 Å². The highest BCUT2D eigenvalue weighted by Crippen LogP contribution is 2.31. The summed E-state index contributed by atoms with van der Waals surface area (Å²) in [6, 6.07) is 9.38. The Morgan fingerprint density at radius 2 is 1.96 bits per heavy atom. The molecule has 2 aromatic heterocycles. The lowest BCUT2D eigenvalue weighted by molar-refractivity contribution is 0.104. The molecule has 0 unspecified atom stereocenters. The molecule has 3 rings (SSSR count). The van der Waals surface area contributed by atoms with Gasteiger partial charge in [0.15, 0.2) is 11.6 Å². The van der Waals surface area contributed by atoms with Gasteiger partial charge < -0.3 is 10.5 Å². The second-order valence-electron chi connectivity index (χ2n) is 5.72. The molecule has 2 heterocycles. The molecule has 7 heteroatoms. The van der Waals surface area contributed by atoms with Crippen LogP contribution < -0.4 is 10.5 Å². The molecule has 0 spiro atoms. The molecule has 3 aromatic rings. The zero-order chi connectivity index (χ0) is 19.2. The number of allylic oxidation sites excluding steroid dienone is 2. The van der Waals surface area contributed by atoms with Gasteiger partial charge in [0.2, 0.25) is 5.88 Å². The maximum atomic E-state index is 12.8. The van der Waals surface area contributed by atoms with Crippen molar-refractivity contribution >= 4 is 5.78 Å². The minimum atomic E-state index is -0.317. The molecule has 2 N–H and O–H groups in total. The molecule has 0 bridgehead atoms. The number of hydrogen-bond donors (Lipinski definition) is 1. The summed E-state index contributed by atoms with van der Waals surface area (Å²) in [4.78, 5) is 30.2. The Bertz CT molecular complexity index is 968. The van der Waals surface area contributed by atoms with E-state index in [-0.39, 0.29) is 17.2 Å². The molecule has 0 aliphatic rings. The van der Waals surface area contributed by atoms with Gasteiger partial charge in [-0.3, -0.25) is 9.78 Å². The molecule has 0 aliphatic carbocycles. The monoisotopic (exact) mass is 361 g/mol. The maximum Gasteiger partial charge on any atom is 0.229 e. The molecule has 0 saturated carbocycles. The van der Waals surface area contributed by atoms with Crippen molar-refractivity contribution in [2.75, 3.05) is 6.61 Å². The van der Waals surface area contributed by atoms with E-state index in [4.69, 9.17) is 10.5 Å². The number of rotatable bonds is 6. The lowest BCUT2D eigenvalue weighted by Crippen LogP contribution is -2.11. The number of ketones is 1. The molecule has 0 fully saturated rings. The fourth-order valence-corrected chi connectivity index (χ4v) is 2.52. The van der Waals surface area contributed by atoms with Crippen LogP contribution in [0.25, 0.3) is 22.8 Å². The van der Waals surface area contributed by atoms with E-state index in [1.54, 1.807) is 25.5 Å². The van der Waals surface area contributed by atoms with Gasteiger partial charge in [-0.25, -0.2) is 9.97 Å². The van der Waals surface area contributed by atoms with Gasteiger partial charge in [0.05, 0.1) is 18.5 Å². The van der Waals surface area contributed by atoms with Crippen LogP contribution in [0.4, 0.5) is 0 Å². The van der Waals surface area contributed by atoms with E-state index in [1.807, 2.05) is 37.3 Å². The summed E-state index contributed by atoms with van der Waals surface area (Å²) in [5.41, 5.74) is 8.06. The number of nitrogens with zero attached hydrogens (tertiary/aromatic N) is 4. The summed E-state index contributed by atoms with van der Waals surface area (Å²) in [6.07, 6.45) is 6.03. The van der Waals surface area contributed by atoms with Gasteiger partial charge in [-0.1, -0.05) is 30.3 Å². The van der Waals surface area contributed by atoms with Crippen LogP contribution in [-0.2, 0) is 0 Å². The fraction of sp³-hybridized carbons (Fsp3) is 0.150. The average molecular weight is 361 g/mol. The average Bonchev–Trinajstić information content (AvgIpc) is 2.68. The zero-order valence-electron chi connectivity index (χ0n) is 15.1. The Kier molecular flexibility index (Phi) is 5.51. The number of hydrogen-bond acceptors (Lipinski definition) is 7. The minimum Gasteiger partial charge on any atom is -0.477 e. The number of nitrogens with two attached hydrogens (primary N) is 1. The number of carbonyl (C=O) groups is 1. The third kappa shape index (κ3) is 4.14. The smallest absolute Gasteiger partial charge is 0.229 e. The number of benzene rings is 1. The first-order valence-electron chi connectivity index (χ1n) is 8.45. The van der Waals surface area contributed by atoms with E-state index in [2.05, 4.69) is 19.9 Å². The first-order valence-corrected chi connectivity index (χ1v) is 8.45. The number of carbonyl (C=O) groups excluding carboxylic acids is 1. The summed E-state index contributed by atoms with van der Waals surface area (Å²) in [6.45, 7) is 3.82. The number of ether oxygens (including phenoxy) is 1. The zero-order valence-corrected chi connectivity index (χ0v) is 15.1. The van der Waals surface area contributed by atoms with Crippen LogP contribution >= 0.6 is 0 Å². The summed E-state index contributed by atoms with van der Waals surface area (Å²) < 4.78 is 5.67. The first kappa shape index (κ1) is 18.2. The Morgan fingerprint density at radius 3 is 2.59 bits per heavy atom. The Balaban J connectivity index is 2.30. The highest BCUT2D eigenvalue weighted by Gasteiger charge is 2.23. The molecular formula is C20H19N5O2. The third-order valence-corrected chi connectivity index (χ3v) is 3.60. The van der Waals surface area contributed by atoms with Gasteiger partial charge in [-0.2, -0.15) is 4.98 Å². The Labute approximate surface area is 157 Å². The maximum absolute atomic E-state index is 12.8. The van der Waals surface area contributed by atoms with Crippen LogP contribution in [0.3, 0.4) is 0 Å². The van der Waals surface area contributed by atoms with E-state index in [0.29, 0.717) is 29.5 Å². The normalized spacial score (nSPS) is 11.3. The molecule has 136 valence electrons. The van der Waals surface area contributed by atoms with E-state index in [0.717, 1.165) is 5.56 Å². The van der Waals surface area contributed by atoms with Gasteiger partial charge in [0, 0.05) is 29.7 Å². The summed E-state index contributed by atoms with van der Waals surface area (Å²) in [7, 11) is 0. The highest BCUT2D eigenvalue weighted by molar-refractivity contribution is 6.10. The summed E-state index contributed by atoms with van der Waals surface area (Å²) in [5, 5.41) is 0. The molecule has 1 aromatic carbocycles. The van der Waals surface area contributed by atoms with Crippen molar-refractivity contribution in [2.24, 2.45) is 5.73 Å². The van der Waals surface area contributed by atoms with Crippen molar-refractivity contribution in [3.05, 3.63) is 66.3 Å². The summed E-state index contributed by atoms with van der Waals surface area (Å²) >= 11 is 0. The van der Waals surface area contributed by atoms with Gasteiger partial charge >= 0.3 is 0 Å². The van der Waals surface area contributed by atoms with Crippen molar-refractivity contribution in [2.45, 2.75) is 13.8 Å². The van der Waals surface area contributed by atoms with Crippen LogP contribution in [0.5, 0.6) is 5.88 Å². The van der Waals surface area contributed by atoms with Gasteiger partial charge in [-0.05, 0) is 13.8 Å². The topological polar surface area (TPSA) is 104 Å². The summed E-state index contributed by atoms with van der Waals surface area (Å²) in [5.74, 6) is 0.202. The van der Waals surface area contributed by atoms with Crippen molar-refractivity contribution in [1.82, 2.24) is 19.9 Å². The van der Waals surface area contributed by atoms with E-state index >= 15 is 0 Å². The van der Waals surface area contributed by atoms with Crippen molar-refractivity contribution in [1.29, 1.82) is 0 Å². The quantitative estimate of drug-likeness (QED) is 0.531. The molecule has 0 amide bonds. The lowest BCUT2D eigenvalue weighted by atomic mass is 10.0. The van der Waals surface area contributed by atoms with Crippen LogP contribution in [0.1, 0.15) is 24.2 Å². The number of aromatic nitrogens is 4. The molecule has 0 aliphatic heterocycles. The molecule has 27 heavy (non-hydrogen) atoms. The van der Waals surface area contributed by atoms with Crippen LogP contribution in [0.15, 0.2) is 60.7 Å². The van der Waals surface area contributed by atoms with Crippen LogP contribution in [-0.4, -0.2) is 32.3 Å². The second kappa shape index (κ2) is 8.18. The van der Waals surface area contributed by atoms with Crippen molar-refractivity contribution in [3.63, 3.8) is 0 Å². The third-order valence-electron chi connectivity index (χ3n) is 3.60. The molecule has 7 nitrogen and oxygen atoms in total. The first-order chi connectivity index (χ1) is 13.1. The Hall–Kier alpha value is -3.61. The standard InChI is InChI=1S/C20H19N5O2/c1-3-27-20-17(16(26)11-13(2)21)18(14-7-5-4-6-8-14)24-19(25-20)15-12-22-9-10-23-15/h4-12H,3,21H2,1-2H3/b13-11-. The van der Waals surface area contributed by atoms with E-state index in [9.17, 15) is 4.79 Å². The van der Waals surface area contributed by atoms with Crippen LogP contribution in [0.2, 0.25) is 0 Å². The van der Waals surface area contributed by atoms with Gasteiger partial charge in [0.25, 0.3) is 0 Å². The fourth-order valence-electron chi connectivity index (χ4n) is 2.52. The predicted octanol–water partition coefficient (Wildman–Crippen LogP) is 3.04. The van der Waals surface area contributed by atoms with E-state index < -0.39 is 0 Å². The largest absolute Gasteiger partial charge is 0.477 e. The van der Waals surface area contributed by atoms with Crippen LogP contribution in [0, 0.1) is 0 Å². The lowest BCUT2D eigenvalue weighted by Gasteiger charge is -2.14. The molecule has 0 saturated heterocycles. The van der Waals surface area contributed by atoms with Gasteiger partial charge in [0.1, 0.15) is 11.3 Å². The van der Waals surface area contributed by atoms with Gasteiger partial charge in [-0.15, -0.1) is 0 Å². The highest BCUT2D eigenvalue weighted by atomic mass is 16.5. The van der Waals surface area contributed by atoms with Crippen molar-refractivity contribution < 1.29 is 9.53 Å². The molecular weight excluding hydrogens is 342 g/mol. The van der Waals surface area contributed by atoms with Crippen molar-refractivity contribution in [3.8, 4) is 28.7 Å². The molecule has 0 atom stereocenters. The Morgan fingerprint density at radius 1 is 1.19 bits per heavy atom.